The van der Waals surface area contributed by atoms with Crippen LogP contribution in [0.15, 0.2) is 54.0 Å². The van der Waals surface area contributed by atoms with Gasteiger partial charge in [0.1, 0.15) is 10.8 Å². The summed E-state index contributed by atoms with van der Waals surface area (Å²) < 4.78 is 42.1. The van der Waals surface area contributed by atoms with Crippen molar-refractivity contribution in [3.8, 4) is 16.3 Å². The molecule has 5 nitrogen and oxygen atoms in total. The van der Waals surface area contributed by atoms with E-state index in [0.29, 0.717) is 26.8 Å². The summed E-state index contributed by atoms with van der Waals surface area (Å²) in [5, 5.41) is 5.40. The molecule has 10 heteroatoms. The van der Waals surface area contributed by atoms with Gasteiger partial charge in [-0.05, 0) is 24.3 Å². The first-order chi connectivity index (χ1) is 13.4. The van der Waals surface area contributed by atoms with Crippen molar-refractivity contribution in [1.82, 2.24) is 9.97 Å². The van der Waals surface area contributed by atoms with E-state index >= 15 is 0 Å². The Morgan fingerprint density at radius 3 is 2.71 bits per heavy atom. The van der Waals surface area contributed by atoms with Crippen LogP contribution in [0, 0.1) is 0 Å². The molecule has 2 heterocycles. The number of anilines is 1. The van der Waals surface area contributed by atoms with Gasteiger partial charge in [-0.25, -0.2) is 9.97 Å². The van der Waals surface area contributed by atoms with Crippen molar-refractivity contribution in [2.24, 2.45) is 0 Å². The van der Waals surface area contributed by atoms with E-state index < -0.39 is 6.36 Å². The van der Waals surface area contributed by atoms with E-state index in [4.69, 9.17) is 0 Å². The first kappa shape index (κ1) is 18.4. The van der Waals surface area contributed by atoms with Crippen molar-refractivity contribution in [2.45, 2.75) is 6.36 Å². The highest BCUT2D eigenvalue weighted by molar-refractivity contribution is 7.21. The monoisotopic (exact) mass is 421 g/mol. The minimum Gasteiger partial charge on any atom is -0.406 e. The quantitative estimate of drug-likeness (QED) is 0.468. The molecule has 28 heavy (non-hydrogen) atoms. The Labute approximate surface area is 164 Å². The number of nitrogens with zero attached hydrogens (tertiary/aromatic N) is 2. The van der Waals surface area contributed by atoms with Gasteiger partial charge in [-0.15, -0.1) is 35.8 Å². The second-order valence-electron chi connectivity index (χ2n) is 5.54. The molecule has 0 spiro atoms. The third-order valence-corrected chi connectivity index (χ3v) is 5.39. The van der Waals surface area contributed by atoms with E-state index in [2.05, 4.69) is 20.0 Å². The molecule has 0 aliphatic carbocycles. The normalized spacial score (nSPS) is 11.5. The first-order valence-electron chi connectivity index (χ1n) is 7.86. The van der Waals surface area contributed by atoms with Crippen LogP contribution in [-0.2, 0) is 0 Å². The van der Waals surface area contributed by atoms with Gasteiger partial charge in [0.15, 0.2) is 5.13 Å². The molecule has 0 saturated carbocycles. The fourth-order valence-electron chi connectivity index (χ4n) is 2.53. The average molecular weight is 421 g/mol. The van der Waals surface area contributed by atoms with Crippen LogP contribution in [0.1, 0.15) is 10.4 Å². The maximum absolute atomic E-state index is 12.6. The van der Waals surface area contributed by atoms with Gasteiger partial charge in [0.05, 0.1) is 15.8 Å². The van der Waals surface area contributed by atoms with Crippen LogP contribution in [0.25, 0.3) is 20.8 Å². The van der Waals surface area contributed by atoms with Gasteiger partial charge in [0.25, 0.3) is 5.91 Å². The summed E-state index contributed by atoms with van der Waals surface area (Å²) >= 11 is 2.57. The van der Waals surface area contributed by atoms with Crippen molar-refractivity contribution in [3.63, 3.8) is 0 Å². The van der Waals surface area contributed by atoms with Gasteiger partial charge in [-0.2, -0.15) is 0 Å². The van der Waals surface area contributed by atoms with E-state index in [0.717, 1.165) is 4.70 Å². The number of carbonyl (C=O) groups excluding carboxylic acids is 1. The van der Waals surface area contributed by atoms with Crippen molar-refractivity contribution in [1.29, 1.82) is 0 Å². The van der Waals surface area contributed by atoms with E-state index in [1.54, 1.807) is 35.8 Å². The Kier molecular flexibility index (Phi) is 4.73. The lowest BCUT2D eigenvalue weighted by atomic mass is 10.2. The van der Waals surface area contributed by atoms with Crippen LogP contribution in [-0.4, -0.2) is 22.2 Å². The molecule has 2 aromatic carbocycles. The van der Waals surface area contributed by atoms with Crippen LogP contribution in [0.4, 0.5) is 18.3 Å². The zero-order chi connectivity index (χ0) is 19.7. The van der Waals surface area contributed by atoms with Gasteiger partial charge >= 0.3 is 6.36 Å². The van der Waals surface area contributed by atoms with Gasteiger partial charge in [0, 0.05) is 17.1 Å². The molecule has 142 valence electrons. The minimum atomic E-state index is -4.77. The summed E-state index contributed by atoms with van der Waals surface area (Å²) in [7, 11) is 0. The lowest BCUT2D eigenvalue weighted by Gasteiger charge is -2.09. The van der Waals surface area contributed by atoms with Gasteiger partial charge in [-0.3, -0.25) is 10.1 Å². The van der Waals surface area contributed by atoms with Crippen LogP contribution in [0.3, 0.4) is 0 Å². The minimum absolute atomic E-state index is 0.328. The molecular weight excluding hydrogens is 411 g/mol. The molecule has 0 bridgehead atoms. The predicted molar refractivity (Wildman–Crippen MR) is 102 cm³/mol. The second-order valence-corrected chi connectivity index (χ2v) is 7.46. The van der Waals surface area contributed by atoms with Crippen molar-refractivity contribution in [3.05, 3.63) is 59.6 Å². The highest BCUT2D eigenvalue weighted by atomic mass is 32.1. The van der Waals surface area contributed by atoms with E-state index in [-0.39, 0.29) is 11.7 Å². The molecule has 4 aromatic rings. The van der Waals surface area contributed by atoms with Gasteiger partial charge in [0.2, 0.25) is 0 Å². The maximum atomic E-state index is 12.6. The summed E-state index contributed by atoms with van der Waals surface area (Å²) in [6, 6.07) is 10.7. The Hall–Kier alpha value is -2.98. The van der Waals surface area contributed by atoms with Gasteiger partial charge < -0.3 is 4.74 Å². The number of fused-ring (bicyclic) bond motifs is 1. The SMILES string of the molecule is O=C(Nc1nccs1)c1cccc2sc(-c3cccc(OC(F)(F)F)c3)nc12. The van der Waals surface area contributed by atoms with Crippen LogP contribution >= 0.6 is 22.7 Å². The van der Waals surface area contributed by atoms with E-state index in [9.17, 15) is 18.0 Å². The highest BCUT2D eigenvalue weighted by Crippen LogP contribution is 2.34. The average Bonchev–Trinajstić information content (AvgIpc) is 3.29. The molecule has 0 saturated heterocycles. The molecule has 0 atom stereocenters. The first-order valence-corrected chi connectivity index (χ1v) is 9.55. The smallest absolute Gasteiger partial charge is 0.406 e. The summed E-state index contributed by atoms with van der Waals surface area (Å²) in [5.74, 6) is -0.683. The number of alkyl halides is 3. The molecule has 0 radical (unpaired) electrons. The standard InChI is InChI=1S/C18H10F3N3O2S2/c19-18(20,21)26-11-4-1-3-10(9-11)16-23-14-12(5-2-6-13(14)28-16)15(25)24-17-22-7-8-27-17/h1-9H,(H,22,24,25). The molecule has 0 unspecified atom stereocenters. The number of aromatic nitrogens is 2. The number of para-hydroxylation sites is 1. The Bertz CT molecular complexity index is 1140. The molecule has 4 rings (SSSR count). The number of hydrogen-bond donors (Lipinski definition) is 1. The number of rotatable bonds is 4. The third kappa shape index (κ3) is 3.97. The number of amides is 1. The van der Waals surface area contributed by atoms with Crippen LogP contribution < -0.4 is 10.1 Å². The van der Waals surface area contributed by atoms with E-state index in [1.165, 1.54) is 40.9 Å². The number of thiazole rings is 2. The number of carbonyl (C=O) groups is 1. The predicted octanol–water partition coefficient (Wildman–Crippen LogP) is 5.57. The van der Waals surface area contributed by atoms with Crippen molar-refractivity contribution >= 4 is 43.9 Å². The van der Waals surface area contributed by atoms with Crippen molar-refractivity contribution < 1.29 is 22.7 Å². The second kappa shape index (κ2) is 7.21. The molecule has 2 aromatic heterocycles. The molecule has 0 aliphatic rings. The third-order valence-electron chi connectivity index (χ3n) is 3.63. The lowest BCUT2D eigenvalue weighted by Crippen LogP contribution is -2.17. The number of ether oxygens (including phenoxy) is 1. The molecule has 1 amide bonds. The van der Waals surface area contributed by atoms with Crippen LogP contribution in [0.2, 0.25) is 0 Å². The maximum Gasteiger partial charge on any atom is 0.573 e. The Morgan fingerprint density at radius 2 is 1.96 bits per heavy atom. The highest BCUT2D eigenvalue weighted by Gasteiger charge is 2.31. The lowest BCUT2D eigenvalue weighted by molar-refractivity contribution is -0.274. The topological polar surface area (TPSA) is 64.1 Å². The summed E-state index contributed by atoms with van der Waals surface area (Å²) in [6.07, 6.45) is -3.19. The Morgan fingerprint density at radius 1 is 1.14 bits per heavy atom. The summed E-state index contributed by atoms with van der Waals surface area (Å²) in [5.41, 5.74) is 1.30. The zero-order valence-electron chi connectivity index (χ0n) is 13.9. The summed E-state index contributed by atoms with van der Waals surface area (Å²) in [4.78, 5) is 21.0. The van der Waals surface area contributed by atoms with E-state index in [1.807, 2.05) is 0 Å². The van der Waals surface area contributed by atoms with Crippen molar-refractivity contribution in [2.75, 3.05) is 5.32 Å². The van der Waals surface area contributed by atoms with Gasteiger partial charge in [-0.1, -0.05) is 18.2 Å². The molecule has 0 aliphatic heterocycles. The fraction of sp³-hybridized carbons (Fsp3) is 0.0556. The van der Waals surface area contributed by atoms with Crippen LogP contribution in [0.5, 0.6) is 5.75 Å². The molecule has 1 N–H and O–H groups in total. The Balaban J connectivity index is 1.69. The number of halogens is 3. The number of benzene rings is 2. The number of nitrogens with one attached hydrogen (secondary N) is 1. The largest absolute Gasteiger partial charge is 0.573 e. The molecular formula is C18H10F3N3O2S2. The molecule has 0 fully saturated rings. The fourth-order valence-corrected chi connectivity index (χ4v) is 4.04. The zero-order valence-corrected chi connectivity index (χ0v) is 15.5. The number of hydrogen-bond acceptors (Lipinski definition) is 6. The summed E-state index contributed by atoms with van der Waals surface area (Å²) in [6.45, 7) is 0.